The van der Waals surface area contributed by atoms with Crippen LogP contribution in [0.3, 0.4) is 0 Å². The van der Waals surface area contributed by atoms with E-state index in [2.05, 4.69) is 50.6 Å². The van der Waals surface area contributed by atoms with Gasteiger partial charge in [-0.25, -0.2) is 0 Å². The van der Waals surface area contributed by atoms with Gasteiger partial charge in [0.15, 0.2) is 0 Å². The molecule has 2 N–H and O–H groups in total. The van der Waals surface area contributed by atoms with Crippen molar-refractivity contribution in [1.82, 2.24) is 10.3 Å². The van der Waals surface area contributed by atoms with Crippen molar-refractivity contribution in [3.63, 3.8) is 0 Å². The number of H-pyrrole nitrogens is 1. The van der Waals surface area contributed by atoms with Crippen molar-refractivity contribution in [2.24, 2.45) is 0 Å². The zero-order valence-corrected chi connectivity index (χ0v) is 11.9. The summed E-state index contributed by atoms with van der Waals surface area (Å²) in [5, 5.41) is 4.94. The van der Waals surface area contributed by atoms with Crippen LogP contribution in [0.1, 0.15) is 30.9 Å². The number of fused-ring (bicyclic) bond motifs is 1. The number of halogens is 2. The first kappa shape index (κ1) is 12.9. The van der Waals surface area contributed by atoms with Gasteiger partial charge >= 0.3 is 0 Å². The van der Waals surface area contributed by atoms with E-state index < -0.39 is 0 Å². The molecule has 2 heterocycles. The normalized spacial score (nSPS) is 20.2. The Kier molecular flexibility index (Phi) is 4.13. The standard InChI is InChI=1S/C13H15BrN2.ClH/c14-9-4-5-13-10(7-9)11(8-16-13)12-3-1-2-6-15-12;/h4-5,7-8,12,15-16H,1-3,6H2;1H/t12-;/m0./s1. The molecule has 0 radical (unpaired) electrons. The summed E-state index contributed by atoms with van der Waals surface area (Å²) in [5.41, 5.74) is 2.64. The van der Waals surface area contributed by atoms with Crippen LogP contribution in [-0.4, -0.2) is 11.5 Å². The van der Waals surface area contributed by atoms with Gasteiger partial charge in [-0.3, -0.25) is 0 Å². The molecule has 1 aromatic carbocycles. The van der Waals surface area contributed by atoms with Crippen molar-refractivity contribution in [3.05, 3.63) is 34.4 Å². The number of aromatic amines is 1. The molecule has 2 aromatic rings. The van der Waals surface area contributed by atoms with Crippen molar-refractivity contribution in [1.29, 1.82) is 0 Å². The molecule has 1 aliphatic rings. The molecule has 0 bridgehead atoms. The summed E-state index contributed by atoms with van der Waals surface area (Å²) in [5.74, 6) is 0. The third kappa shape index (κ3) is 2.51. The number of hydrogen-bond donors (Lipinski definition) is 2. The molecule has 17 heavy (non-hydrogen) atoms. The van der Waals surface area contributed by atoms with Crippen molar-refractivity contribution in [2.75, 3.05) is 6.54 Å². The fourth-order valence-electron chi connectivity index (χ4n) is 2.52. The van der Waals surface area contributed by atoms with Crippen molar-refractivity contribution in [2.45, 2.75) is 25.3 Å². The highest BCUT2D eigenvalue weighted by Gasteiger charge is 2.17. The van der Waals surface area contributed by atoms with Crippen molar-refractivity contribution >= 4 is 39.2 Å². The van der Waals surface area contributed by atoms with Crippen LogP contribution in [-0.2, 0) is 0 Å². The predicted molar refractivity (Wildman–Crippen MR) is 77.8 cm³/mol. The molecule has 4 heteroatoms. The van der Waals surface area contributed by atoms with Crippen molar-refractivity contribution in [3.8, 4) is 0 Å². The Morgan fingerprint density at radius 3 is 2.88 bits per heavy atom. The molecule has 1 aromatic heterocycles. The Morgan fingerprint density at radius 2 is 2.12 bits per heavy atom. The van der Waals surface area contributed by atoms with Gasteiger partial charge in [-0.1, -0.05) is 22.4 Å². The third-order valence-corrected chi connectivity index (χ3v) is 3.85. The summed E-state index contributed by atoms with van der Waals surface area (Å²) < 4.78 is 1.15. The van der Waals surface area contributed by atoms with Gasteiger partial charge in [0.05, 0.1) is 0 Å². The van der Waals surface area contributed by atoms with Gasteiger partial charge in [-0.2, -0.15) is 0 Å². The molecule has 0 aliphatic carbocycles. The topological polar surface area (TPSA) is 27.8 Å². The van der Waals surface area contributed by atoms with Crippen LogP contribution < -0.4 is 5.32 Å². The van der Waals surface area contributed by atoms with Crippen LogP contribution in [0.5, 0.6) is 0 Å². The Labute approximate surface area is 116 Å². The van der Waals surface area contributed by atoms with E-state index in [1.165, 1.54) is 35.7 Å². The Bertz CT molecular complexity index is 503. The molecule has 3 rings (SSSR count). The first-order valence-corrected chi connectivity index (χ1v) is 6.64. The molecular weight excluding hydrogens is 300 g/mol. The molecule has 1 aliphatic heterocycles. The van der Waals surface area contributed by atoms with E-state index in [0.717, 1.165) is 11.0 Å². The minimum absolute atomic E-state index is 0. The number of nitrogens with one attached hydrogen (secondary N) is 2. The molecule has 92 valence electrons. The summed E-state index contributed by atoms with van der Waals surface area (Å²) in [4.78, 5) is 3.35. The van der Waals surface area contributed by atoms with Crippen molar-refractivity contribution < 1.29 is 0 Å². The third-order valence-electron chi connectivity index (χ3n) is 3.36. The van der Waals surface area contributed by atoms with Gasteiger partial charge in [0.25, 0.3) is 0 Å². The molecule has 1 saturated heterocycles. The minimum Gasteiger partial charge on any atom is -0.361 e. The van der Waals surface area contributed by atoms with E-state index >= 15 is 0 Å². The Morgan fingerprint density at radius 1 is 1.24 bits per heavy atom. The Balaban J connectivity index is 0.00000108. The van der Waals surface area contributed by atoms with Crippen LogP contribution in [0.2, 0.25) is 0 Å². The number of piperidine rings is 1. The lowest BCUT2D eigenvalue weighted by molar-refractivity contribution is 0.414. The molecule has 1 atom stereocenters. The maximum Gasteiger partial charge on any atom is 0.0458 e. The van der Waals surface area contributed by atoms with Crippen LogP contribution in [0, 0.1) is 0 Å². The summed E-state index contributed by atoms with van der Waals surface area (Å²) >= 11 is 3.54. The van der Waals surface area contributed by atoms with E-state index in [1.54, 1.807) is 0 Å². The summed E-state index contributed by atoms with van der Waals surface area (Å²) in [6, 6.07) is 6.94. The molecule has 1 fully saturated rings. The highest BCUT2D eigenvalue weighted by molar-refractivity contribution is 9.10. The number of benzene rings is 1. The lowest BCUT2D eigenvalue weighted by Gasteiger charge is -2.23. The van der Waals surface area contributed by atoms with E-state index in [-0.39, 0.29) is 12.4 Å². The molecule has 0 saturated carbocycles. The maximum atomic E-state index is 3.60. The van der Waals surface area contributed by atoms with Crippen LogP contribution in [0.25, 0.3) is 10.9 Å². The quantitative estimate of drug-likeness (QED) is 0.812. The second kappa shape index (κ2) is 5.42. The highest BCUT2D eigenvalue weighted by atomic mass is 79.9. The molecule has 2 nitrogen and oxygen atoms in total. The van der Waals surface area contributed by atoms with E-state index in [4.69, 9.17) is 0 Å². The number of aromatic nitrogens is 1. The highest BCUT2D eigenvalue weighted by Crippen LogP contribution is 2.30. The molecule has 0 unspecified atom stereocenters. The van der Waals surface area contributed by atoms with Crippen LogP contribution in [0.4, 0.5) is 0 Å². The summed E-state index contributed by atoms with van der Waals surface area (Å²) in [6.07, 6.45) is 6.04. The molecule has 0 amide bonds. The zero-order chi connectivity index (χ0) is 11.0. The minimum atomic E-state index is 0. The number of hydrogen-bond acceptors (Lipinski definition) is 1. The molecule has 0 spiro atoms. The monoisotopic (exact) mass is 314 g/mol. The maximum absolute atomic E-state index is 3.60. The van der Waals surface area contributed by atoms with Crippen LogP contribution >= 0.6 is 28.3 Å². The average Bonchev–Trinajstić information content (AvgIpc) is 2.73. The van der Waals surface area contributed by atoms with Crippen LogP contribution in [0.15, 0.2) is 28.9 Å². The Hall–Kier alpha value is -0.510. The largest absolute Gasteiger partial charge is 0.361 e. The fourth-order valence-corrected chi connectivity index (χ4v) is 2.88. The van der Waals surface area contributed by atoms with E-state index in [1.807, 2.05) is 0 Å². The number of rotatable bonds is 1. The van der Waals surface area contributed by atoms with E-state index in [9.17, 15) is 0 Å². The fraction of sp³-hybridized carbons (Fsp3) is 0.385. The average molecular weight is 316 g/mol. The van der Waals surface area contributed by atoms with Gasteiger partial charge in [-0.15, -0.1) is 12.4 Å². The zero-order valence-electron chi connectivity index (χ0n) is 9.50. The van der Waals surface area contributed by atoms with E-state index in [0.29, 0.717) is 6.04 Å². The summed E-state index contributed by atoms with van der Waals surface area (Å²) in [7, 11) is 0. The predicted octanol–water partition coefficient (Wildman–Crippen LogP) is 4.17. The van der Waals surface area contributed by atoms with Gasteiger partial charge < -0.3 is 10.3 Å². The first-order chi connectivity index (χ1) is 7.84. The lowest BCUT2D eigenvalue weighted by atomic mass is 9.97. The second-order valence-electron chi connectivity index (χ2n) is 4.44. The smallest absolute Gasteiger partial charge is 0.0458 e. The first-order valence-electron chi connectivity index (χ1n) is 5.84. The van der Waals surface area contributed by atoms with Gasteiger partial charge in [0.2, 0.25) is 0 Å². The van der Waals surface area contributed by atoms with Gasteiger partial charge in [-0.05, 0) is 43.1 Å². The van der Waals surface area contributed by atoms with Gasteiger partial charge in [0.1, 0.15) is 0 Å². The SMILES string of the molecule is Brc1ccc2[nH]cc([C@@H]3CCCCN3)c2c1.Cl. The summed E-state index contributed by atoms with van der Waals surface area (Å²) in [6.45, 7) is 1.14. The lowest BCUT2D eigenvalue weighted by Crippen LogP contribution is -2.26. The van der Waals surface area contributed by atoms with Gasteiger partial charge in [0, 0.05) is 27.6 Å². The molecular formula is C13H16BrClN2. The second-order valence-corrected chi connectivity index (χ2v) is 5.35.